The monoisotopic (exact) mass is 463 g/mol. The van der Waals surface area contributed by atoms with Gasteiger partial charge in [-0.15, -0.1) is 0 Å². The average molecular weight is 464 g/mol. The lowest BCUT2D eigenvalue weighted by atomic mass is 9.94. The lowest BCUT2D eigenvalue weighted by Crippen LogP contribution is -2.53. The highest BCUT2D eigenvalue weighted by Crippen LogP contribution is 2.35. The summed E-state index contributed by atoms with van der Waals surface area (Å²) in [6, 6.07) is 13.4. The van der Waals surface area contributed by atoms with E-state index >= 15 is 0 Å². The van der Waals surface area contributed by atoms with Crippen LogP contribution in [-0.2, 0) is 17.8 Å². The summed E-state index contributed by atoms with van der Waals surface area (Å²) >= 11 is 0. The second-order valence-corrected chi connectivity index (χ2v) is 9.87. The highest BCUT2D eigenvalue weighted by molar-refractivity contribution is 5.78. The lowest BCUT2D eigenvalue weighted by Gasteiger charge is -2.39. The maximum atomic E-state index is 13.0. The van der Waals surface area contributed by atoms with Crippen molar-refractivity contribution in [2.24, 2.45) is 0 Å². The fourth-order valence-electron chi connectivity index (χ4n) is 5.85. The number of fused-ring (bicyclic) bond motifs is 1. The van der Waals surface area contributed by atoms with Crippen molar-refractivity contribution in [1.29, 1.82) is 0 Å². The number of methoxy groups -OCH3 is 2. The Morgan fingerprint density at radius 1 is 0.912 bits per heavy atom. The van der Waals surface area contributed by atoms with Gasteiger partial charge in [-0.05, 0) is 48.1 Å². The minimum Gasteiger partial charge on any atom is -0.497 e. The molecule has 0 aromatic heterocycles. The van der Waals surface area contributed by atoms with E-state index in [9.17, 15) is 4.79 Å². The normalized spacial score (nSPS) is 19.8. The van der Waals surface area contributed by atoms with Crippen LogP contribution in [0.4, 0.5) is 0 Å². The van der Waals surface area contributed by atoms with Gasteiger partial charge in [0.1, 0.15) is 11.5 Å². The molecule has 0 bridgehead atoms. The molecule has 2 aromatic rings. The minimum absolute atomic E-state index is 0.286. The zero-order chi connectivity index (χ0) is 23.5. The van der Waals surface area contributed by atoms with Gasteiger partial charge in [-0.25, -0.2) is 0 Å². The van der Waals surface area contributed by atoms with E-state index in [-0.39, 0.29) is 5.91 Å². The van der Waals surface area contributed by atoms with Gasteiger partial charge in [-0.2, -0.15) is 0 Å². The standard InChI is InChI=1S/C28H37N3O3/c1-33-25-9-10-26(27(18-25)34-2)22-7-8-23-19-29(12-11-21(23)17-22)20-28(32)31-15-13-30(14-16-31)24-5-3-4-6-24/h7-10,17-18,24H,3-6,11-16,19-20H2,1-2H3. The molecule has 0 atom stereocenters. The highest BCUT2D eigenvalue weighted by atomic mass is 16.5. The predicted molar refractivity (Wildman–Crippen MR) is 134 cm³/mol. The van der Waals surface area contributed by atoms with Crippen LogP contribution in [0.15, 0.2) is 36.4 Å². The summed E-state index contributed by atoms with van der Waals surface area (Å²) in [7, 11) is 3.36. The second kappa shape index (κ2) is 10.4. The Morgan fingerprint density at radius 3 is 2.44 bits per heavy atom. The molecule has 1 aliphatic carbocycles. The Balaban J connectivity index is 1.18. The van der Waals surface area contributed by atoms with Crippen LogP contribution >= 0.6 is 0 Å². The van der Waals surface area contributed by atoms with Crippen molar-refractivity contribution in [1.82, 2.24) is 14.7 Å². The summed E-state index contributed by atoms with van der Waals surface area (Å²) in [6.45, 7) is 6.12. The van der Waals surface area contributed by atoms with E-state index in [1.165, 1.54) is 36.8 Å². The largest absolute Gasteiger partial charge is 0.497 e. The van der Waals surface area contributed by atoms with E-state index in [1.807, 2.05) is 12.1 Å². The summed E-state index contributed by atoms with van der Waals surface area (Å²) in [6.07, 6.45) is 6.39. The maximum Gasteiger partial charge on any atom is 0.236 e. The predicted octanol–water partition coefficient (Wildman–Crippen LogP) is 3.82. The number of carbonyl (C=O) groups excluding carboxylic acids is 1. The topological polar surface area (TPSA) is 45.2 Å². The Kier molecular flexibility index (Phi) is 7.07. The van der Waals surface area contributed by atoms with Gasteiger partial charge in [0, 0.05) is 56.9 Å². The fraction of sp³-hybridized carbons (Fsp3) is 0.536. The number of hydrogen-bond donors (Lipinski definition) is 0. The number of amides is 1. The van der Waals surface area contributed by atoms with Crippen molar-refractivity contribution < 1.29 is 14.3 Å². The molecule has 6 heteroatoms. The number of carbonyl (C=O) groups is 1. The zero-order valence-electron chi connectivity index (χ0n) is 20.6. The average Bonchev–Trinajstić information content (AvgIpc) is 3.43. The summed E-state index contributed by atoms with van der Waals surface area (Å²) < 4.78 is 10.9. The molecule has 2 aromatic carbocycles. The summed E-state index contributed by atoms with van der Waals surface area (Å²) in [5.41, 5.74) is 4.91. The van der Waals surface area contributed by atoms with Crippen molar-refractivity contribution in [3.63, 3.8) is 0 Å². The molecule has 0 unspecified atom stereocenters. The lowest BCUT2D eigenvalue weighted by molar-refractivity contribution is -0.134. The first-order chi connectivity index (χ1) is 16.6. The molecule has 2 aliphatic heterocycles. The molecule has 182 valence electrons. The number of nitrogens with zero attached hydrogens (tertiary/aromatic N) is 3. The van der Waals surface area contributed by atoms with E-state index in [4.69, 9.17) is 9.47 Å². The van der Waals surface area contributed by atoms with Crippen LogP contribution in [0, 0.1) is 0 Å². The van der Waals surface area contributed by atoms with E-state index < -0.39 is 0 Å². The van der Waals surface area contributed by atoms with Crippen LogP contribution in [0.2, 0.25) is 0 Å². The van der Waals surface area contributed by atoms with Gasteiger partial charge in [0.25, 0.3) is 0 Å². The van der Waals surface area contributed by atoms with Crippen molar-refractivity contribution in [3.05, 3.63) is 47.5 Å². The van der Waals surface area contributed by atoms with Crippen LogP contribution in [0.25, 0.3) is 11.1 Å². The van der Waals surface area contributed by atoms with Crippen molar-refractivity contribution in [2.45, 2.75) is 44.7 Å². The molecule has 0 radical (unpaired) electrons. The van der Waals surface area contributed by atoms with Crippen LogP contribution in [0.3, 0.4) is 0 Å². The molecule has 0 spiro atoms. The number of ether oxygens (including phenoxy) is 2. The molecule has 5 rings (SSSR count). The Hall–Kier alpha value is -2.57. The SMILES string of the molecule is COc1ccc(-c2ccc3c(c2)CCN(CC(=O)N2CCN(C4CCCC4)CC2)C3)c(OC)c1. The van der Waals surface area contributed by atoms with Gasteiger partial charge in [-0.3, -0.25) is 14.6 Å². The van der Waals surface area contributed by atoms with Crippen molar-refractivity contribution in [3.8, 4) is 22.6 Å². The van der Waals surface area contributed by atoms with Crippen molar-refractivity contribution >= 4 is 5.91 Å². The Labute approximate surface area is 203 Å². The number of piperazine rings is 1. The second-order valence-electron chi connectivity index (χ2n) is 9.87. The number of benzene rings is 2. The molecule has 1 amide bonds. The van der Waals surface area contributed by atoms with Crippen LogP contribution in [0.5, 0.6) is 11.5 Å². The Morgan fingerprint density at radius 2 is 1.71 bits per heavy atom. The molecule has 6 nitrogen and oxygen atoms in total. The smallest absolute Gasteiger partial charge is 0.236 e. The molecular weight excluding hydrogens is 426 g/mol. The molecule has 1 saturated carbocycles. The summed E-state index contributed by atoms with van der Waals surface area (Å²) in [5.74, 6) is 1.89. The van der Waals surface area contributed by atoms with Crippen molar-refractivity contribution in [2.75, 3.05) is 53.5 Å². The van der Waals surface area contributed by atoms with Gasteiger partial charge in [0.15, 0.2) is 0 Å². The molecule has 3 aliphatic rings. The fourth-order valence-corrected chi connectivity index (χ4v) is 5.85. The third-order valence-electron chi connectivity index (χ3n) is 7.88. The third-order valence-corrected chi connectivity index (χ3v) is 7.88. The first-order valence-electron chi connectivity index (χ1n) is 12.7. The Bertz CT molecular complexity index is 1010. The molecule has 0 N–H and O–H groups in total. The van der Waals surface area contributed by atoms with E-state index in [1.54, 1.807) is 14.2 Å². The molecular formula is C28H37N3O3. The van der Waals surface area contributed by atoms with Crippen LogP contribution < -0.4 is 9.47 Å². The third kappa shape index (κ3) is 4.93. The molecule has 1 saturated heterocycles. The van der Waals surface area contributed by atoms with E-state index in [2.05, 4.69) is 39.0 Å². The maximum absolute atomic E-state index is 13.0. The van der Waals surface area contributed by atoms with Crippen LogP contribution in [-0.4, -0.2) is 80.1 Å². The van der Waals surface area contributed by atoms with Gasteiger partial charge in [0.2, 0.25) is 5.91 Å². The summed E-state index contributed by atoms with van der Waals surface area (Å²) in [5, 5.41) is 0. The van der Waals surface area contributed by atoms with Gasteiger partial charge >= 0.3 is 0 Å². The zero-order valence-corrected chi connectivity index (χ0v) is 20.6. The number of rotatable bonds is 6. The van der Waals surface area contributed by atoms with E-state index in [0.29, 0.717) is 6.54 Å². The van der Waals surface area contributed by atoms with E-state index in [0.717, 1.165) is 74.4 Å². The highest BCUT2D eigenvalue weighted by Gasteiger charge is 2.29. The van der Waals surface area contributed by atoms with Gasteiger partial charge < -0.3 is 14.4 Å². The molecule has 2 fully saturated rings. The molecule has 34 heavy (non-hydrogen) atoms. The number of hydrogen-bond acceptors (Lipinski definition) is 5. The van der Waals surface area contributed by atoms with Crippen LogP contribution in [0.1, 0.15) is 36.8 Å². The van der Waals surface area contributed by atoms with Gasteiger partial charge in [0.05, 0.1) is 20.8 Å². The minimum atomic E-state index is 0.286. The quantitative estimate of drug-likeness (QED) is 0.652. The first-order valence-corrected chi connectivity index (χ1v) is 12.7. The summed E-state index contributed by atoms with van der Waals surface area (Å²) in [4.78, 5) is 20.0. The van der Waals surface area contributed by atoms with Gasteiger partial charge in [-0.1, -0.05) is 31.0 Å². The molecule has 2 heterocycles. The first kappa shape index (κ1) is 23.2.